The van der Waals surface area contributed by atoms with Crippen molar-refractivity contribution in [1.29, 1.82) is 0 Å². The summed E-state index contributed by atoms with van der Waals surface area (Å²) >= 11 is 1.71. The summed E-state index contributed by atoms with van der Waals surface area (Å²) in [5.41, 5.74) is 3.96. The third-order valence-electron chi connectivity index (χ3n) is 5.46. The van der Waals surface area contributed by atoms with E-state index in [0.717, 1.165) is 28.6 Å². The van der Waals surface area contributed by atoms with E-state index in [2.05, 4.69) is 56.9 Å². The fourth-order valence-corrected chi connectivity index (χ4v) is 5.13. The van der Waals surface area contributed by atoms with Gasteiger partial charge in [0.1, 0.15) is 4.83 Å². The minimum absolute atomic E-state index is 0.113. The molecular weight excluding hydrogens is 340 g/mol. The van der Waals surface area contributed by atoms with Gasteiger partial charge in [-0.2, -0.15) is 0 Å². The van der Waals surface area contributed by atoms with Gasteiger partial charge < -0.3 is 0 Å². The Morgan fingerprint density at radius 1 is 1.23 bits per heavy atom. The molecule has 3 nitrogen and oxygen atoms in total. The van der Waals surface area contributed by atoms with Crippen LogP contribution in [0.4, 0.5) is 0 Å². The smallest absolute Gasteiger partial charge is 0.262 e. The summed E-state index contributed by atoms with van der Waals surface area (Å²) in [6, 6.07) is 8.59. The number of aryl methyl sites for hydroxylation is 1. The molecule has 0 saturated carbocycles. The van der Waals surface area contributed by atoms with Gasteiger partial charge in [0.2, 0.25) is 0 Å². The van der Waals surface area contributed by atoms with Crippen LogP contribution in [-0.2, 0) is 24.8 Å². The third-order valence-corrected chi connectivity index (χ3v) is 6.62. The minimum atomic E-state index is 0.113. The Bertz CT molecular complexity index is 1010. The van der Waals surface area contributed by atoms with Crippen molar-refractivity contribution in [3.05, 3.63) is 62.5 Å². The minimum Gasteiger partial charge on any atom is -0.294 e. The zero-order chi connectivity index (χ0) is 18.5. The van der Waals surface area contributed by atoms with Crippen LogP contribution in [0.1, 0.15) is 55.7 Å². The van der Waals surface area contributed by atoms with Crippen LogP contribution in [0.15, 0.2) is 35.4 Å². The summed E-state index contributed by atoms with van der Waals surface area (Å²) in [6.07, 6.45) is 4.98. The lowest BCUT2D eigenvalue weighted by Gasteiger charge is -2.19. The summed E-state index contributed by atoms with van der Waals surface area (Å²) in [5.74, 6) is 0.708. The molecule has 0 radical (unpaired) electrons. The number of hydrogen-bond acceptors (Lipinski definition) is 3. The number of fused-ring (bicyclic) bond motifs is 3. The molecule has 0 fully saturated rings. The van der Waals surface area contributed by atoms with Crippen LogP contribution in [0.2, 0.25) is 0 Å². The summed E-state index contributed by atoms with van der Waals surface area (Å²) < 4.78 is 1.76. The second-order valence-corrected chi connectivity index (χ2v) is 9.74. The lowest BCUT2D eigenvalue weighted by molar-refractivity contribution is 0.509. The zero-order valence-electron chi connectivity index (χ0n) is 16.0. The van der Waals surface area contributed by atoms with Crippen LogP contribution in [0, 0.1) is 5.92 Å². The highest BCUT2D eigenvalue weighted by Crippen LogP contribution is 2.35. The van der Waals surface area contributed by atoms with Gasteiger partial charge in [-0.05, 0) is 47.3 Å². The molecule has 0 aliphatic heterocycles. The Morgan fingerprint density at radius 2 is 1.96 bits per heavy atom. The van der Waals surface area contributed by atoms with Gasteiger partial charge in [0.15, 0.2) is 0 Å². The van der Waals surface area contributed by atoms with Crippen LogP contribution < -0.4 is 5.56 Å². The average Bonchev–Trinajstić information content (AvgIpc) is 2.95. The van der Waals surface area contributed by atoms with E-state index in [-0.39, 0.29) is 11.0 Å². The fraction of sp³-hybridized carbons (Fsp3) is 0.455. The molecule has 4 heteroatoms. The van der Waals surface area contributed by atoms with Crippen molar-refractivity contribution in [3.63, 3.8) is 0 Å². The fourth-order valence-electron chi connectivity index (χ4n) is 3.79. The van der Waals surface area contributed by atoms with Crippen molar-refractivity contribution in [2.24, 2.45) is 5.92 Å². The van der Waals surface area contributed by atoms with Gasteiger partial charge in [0.05, 0.1) is 18.3 Å². The molecule has 4 rings (SSSR count). The van der Waals surface area contributed by atoms with E-state index in [9.17, 15) is 4.79 Å². The first-order valence-corrected chi connectivity index (χ1v) is 10.2. The molecule has 1 aliphatic carbocycles. The van der Waals surface area contributed by atoms with Gasteiger partial charge in [0, 0.05) is 4.88 Å². The third kappa shape index (κ3) is 3.11. The molecule has 0 N–H and O–H groups in total. The first-order valence-electron chi connectivity index (χ1n) is 9.42. The molecule has 136 valence electrons. The molecular formula is C22H26N2OS. The topological polar surface area (TPSA) is 34.9 Å². The van der Waals surface area contributed by atoms with Crippen LogP contribution in [0.5, 0.6) is 0 Å². The van der Waals surface area contributed by atoms with Gasteiger partial charge in [-0.25, -0.2) is 4.98 Å². The Balaban J connectivity index is 1.69. The molecule has 3 aromatic rings. The molecule has 1 aliphatic rings. The van der Waals surface area contributed by atoms with Crippen molar-refractivity contribution in [3.8, 4) is 0 Å². The van der Waals surface area contributed by atoms with Crippen LogP contribution >= 0.6 is 11.3 Å². The van der Waals surface area contributed by atoms with Gasteiger partial charge in [-0.3, -0.25) is 9.36 Å². The van der Waals surface area contributed by atoms with Gasteiger partial charge >= 0.3 is 0 Å². The molecule has 0 saturated heterocycles. The number of hydrogen-bond donors (Lipinski definition) is 0. The Hall–Kier alpha value is -1.94. The lowest BCUT2D eigenvalue weighted by Crippen LogP contribution is -2.22. The average molecular weight is 367 g/mol. The Labute approximate surface area is 158 Å². The van der Waals surface area contributed by atoms with Gasteiger partial charge in [-0.15, -0.1) is 11.3 Å². The van der Waals surface area contributed by atoms with Crippen molar-refractivity contribution >= 4 is 21.6 Å². The summed E-state index contributed by atoms with van der Waals surface area (Å²) in [7, 11) is 0. The van der Waals surface area contributed by atoms with E-state index < -0.39 is 0 Å². The molecule has 1 aromatic carbocycles. The first-order chi connectivity index (χ1) is 12.3. The molecule has 1 atom stereocenters. The standard InChI is InChI=1S/C22H26N2OS/c1-14-5-10-17-18(11-14)26-20-19(17)21(25)24(13-23-20)12-15-6-8-16(9-7-15)22(2,3)4/h6-9,13-14H,5,10-12H2,1-4H3/t14-/m0/s1. The van der Waals surface area contributed by atoms with E-state index in [1.165, 1.54) is 22.4 Å². The van der Waals surface area contributed by atoms with E-state index in [4.69, 9.17) is 0 Å². The van der Waals surface area contributed by atoms with Crippen LogP contribution in [-0.4, -0.2) is 9.55 Å². The SMILES string of the molecule is C[C@H]1CCc2c(sc3ncn(Cc4ccc(C(C)(C)C)cc4)c(=O)c23)C1. The van der Waals surface area contributed by atoms with Crippen LogP contribution in [0.25, 0.3) is 10.2 Å². The Kier molecular flexibility index (Phi) is 4.26. The molecule has 2 heterocycles. The lowest BCUT2D eigenvalue weighted by atomic mass is 9.87. The normalized spacial score (nSPS) is 17.5. The molecule has 2 aromatic heterocycles. The number of thiophene rings is 1. The quantitative estimate of drug-likeness (QED) is 0.645. The highest BCUT2D eigenvalue weighted by atomic mass is 32.1. The van der Waals surface area contributed by atoms with E-state index in [0.29, 0.717) is 12.5 Å². The molecule has 0 amide bonds. The van der Waals surface area contributed by atoms with E-state index in [1.807, 2.05) is 0 Å². The highest BCUT2D eigenvalue weighted by Gasteiger charge is 2.23. The van der Waals surface area contributed by atoms with Crippen LogP contribution in [0.3, 0.4) is 0 Å². The summed E-state index contributed by atoms with van der Waals surface area (Å²) in [6.45, 7) is 9.51. The molecule has 26 heavy (non-hydrogen) atoms. The molecule has 0 bridgehead atoms. The largest absolute Gasteiger partial charge is 0.294 e. The number of aromatic nitrogens is 2. The van der Waals surface area contributed by atoms with Crippen molar-refractivity contribution in [2.45, 2.75) is 58.9 Å². The molecule has 0 spiro atoms. The summed E-state index contributed by atoms with van der Waals surface area (Å²) in [5, 5.41) is 0.866. The van der Waals surface area contributed by atoms with E-state index >= 15 is 0 Å². The van der Waals surface area contributed by atoms with Gasteiger partial charge in [0.25, 0.3) is 5.56 Å². The maximum atomic E-state index is 13.1. The number of rotatable bonds is 2. The predicted octanol–water partition coefficient (Wildman–Crippen LogP) is 4.93. The van der Waals surface area contributed by atoms with E-state index in [1.54, 1.807) is 22.2 Å². The maximum Gasteiger partial charge on any atom is 0.262 e. The molecule has 0 unspecified atom stereocenters. The summed E-state index contributed by atoms with van der Waals surface area (Å²) in [4.78, 5) is 20.0. The zero-order valence-corrected chi connectivity index (χ0v) is 16.8. The second kappa shape index (κ2) is 6.34. The Morgan fingerprint density at radius 3 is 2.65 bits per heavy atom. The predicted molar refractivity (Wildman–Crippen MR) is 109 cm³/mol. The van der Waals surface area contributed by atoms with Crippen molar-refractivity contribution in [1.82, 2.24) is 9.55 Å². The number of nitrogens with zero attached hydrogens (tertiary/aromatic N) is 2. The van der Waals surface area contributed by atoms with Crippen molar-refractivity contribution in [2.75, 3.05) is 0 Å². The highest BCUT2D eigenvalue weighted by molar-refractivity contribution is 7.18. The van der Waals surface area contributed by atoms with Gasteiger partial charge in [-0.1, -0.05) is 52.0 Å². The maximum absolute atomic E-state index is 13.1. The van der Waals surface area contributed by atoms with Crippen molar-refractivity contribution < 1.29 is 0 Å². The first kappa shape index (κ1) is 17.5. The second-order valence-electron chi connectivity index (χ2n) is 8.66. The number of benzene rings is 1. The monoisotopic (exact) mass is 366 g/mol.